The number of aromatic hydroxyl groups is 1. The number of nitrogens with zero attached hydrogens (tertiary/aromatic N) is 2. The zero-order chi connectivity index (χ0) is 12.8. The van der Waals surface area contributed by atoms with Crippen molar-refractivity contribution < 1.29 is 9.52 Å². The first-order valence-corrected chi connectivity index (χ1v) is 6.85. The van der Waals surface area contributed by atoms with E-state index >= 15 is 0 Å². The van der Waals surface area contributed by atoms with Gasteiger partial charge in [-0.3, -0.25) is 0 Å². The van der Waals surface area contributed by atoms with Gasteiger partial charge < -0.3 is 9.52 Å². The summed E-state index contributed by atoms with van der Waals surface area (Å²) in [7, 11) is 0. The molecule has 94 valence electrons. The van der Waals surface area contributed by atoms with E-state index in [0.29, 0.717) is 11.1 Å². The molecule has 18 heavy (non-hydrogen) atoms. The standard InChI is InChI=1S/C11H8Cl2N2O2S/c12-11(13)5-8(11)18-10-15-14-9(17-10)6-1-3-7(16)4-2-6/h1-4,8,16H,5H2/t8-/m0/s1. The molecule has 0 spiro atoms. The van der Waals surface area contributed by atoms with Crippen LogP contribution in [-0.4, -0.2) is 24.9 Å². The van der Waals surface area contributed by atoms with Crippen LogP contribution in [-0.2, 0) is 0 Å². The average Bonchev–Trinajstić information content (AvgIpc) is 2.75. The Balaban J connectivity index is 1.75. The van der Waals surface area contributed by atoms with Gasteiger partial charge in [-0.15, -0.1) is 33.4 Å². The van der Waals surface area contributed by atoms with Gasteiger partial charge in [0.15, 0.2) is 0 Å². The van der Waals surface area contributed by atoms with E-state index < -0.39 is 4.33 Å². The molecule has 0 amide bonds. The summed E-state index contributed by atoms with van der Waals surface area (Å²) in [6.07, 6.45) is 0.720. The van der Waals surface area contributed by atoms with Crippen molar-refractivity contribution in [2.45, 2.75) is 21.2 Å². The van der Waals surface area contributed by atoms with Crippen molar-refractivity contribution in [2.24, 2.45) is 0 Å². The van der Waals surface area contributed by atoms with Crippen LogP contribution in [0.3, 0.4) is 0 Å². The number of hydrogen-bond acceptors (Lipinski definition) is 5. The first-order valence-electron chi connectivity index (χ1n) is 5.22. The van der Waals surface area contributed by atoms with Crippen LogP contribution in [0.5, 0.6) is 5.75 Å². The Kier molecular flexibility index (Phi) is 2.92. The van der Waals surface area contributed by atoms with Crippen molar-refractivity contribution >= 4 is 35.0 Å². The van der Waals surface area contributed by atoms with Crippen LogP contribution in [0.2, 0.25) is 0 Å². The Morgan fingerprint density at radius 1 is 1.28 bits per heavy atom. The van der Waals surface area contributed by atoms with Crippen LogP contribution in [0.1, 0.15) is 6.42 Å². The monoisotopic (exact) mass is 302 g/mol. The van der Waals surface area contributed by atoms with Gasteiger partial charge in [0.05, 0.1) is 5.25 Å². The van der Waals surface area contributed by atoms with E-state index in [1.807, 2.05) is 0 Å². The van der Waals surface area contributed by atoms with Crippen LogP contribution < -0.4 is 0 Å². The minimum absolute atomic E-state index is 0.106. The fourth-order valence-electron chi connectivity index (χ4n) is 1.42. The highest BCUT2D eigenvalue weighted by Gasteiger charge is 2.53. The zero-order valence-corrected chi connectivity index (χ0v) is 11.3. The molecular formula is C11H8Cl2N2O2S. The van der Waals surface area contributed by atoms with Gasteiger partial charge in [-0.1, -0.05) is 11.8 Å². The summed E-state index contributed by atoms with van der Waals surface area (Å²) in [6, 6.07) is 6.55. The first-order chi connectivity index (χ1) is 8.54. The smallest absolute Gasteiger partial charge is 0.277 e. The molecule has 2 aromatic rings. The predicted octanol–water partition coefficient (Wildman–Crippen LogP) is 3.48. The molecule has 1 fully saturated rings. The lowest BCUT2D eigenvalue weighted by molar-refractivity contribution is 0.465. The first kappa shape index (κ1) is 12.1. The summed E-state index contributed by atoms with van der Waals surface area (Å²) >= 11 is 13.2. The fraction of sp³-hybridized carbons (Fsp3) is 0.273. The average molecular weight is 303 g/mol. The van der Waals surface area contributed by atoms with E-state index in [1.165, 1.54) is 11.8 Å². The van der Waals surface area contributed by atoms with Crippen molar-refractivity contribution in [1.82, 2.24) is 10.2 Å². The SMILES string of the molecule is Oc1ccc(-c2nnc(S[C@H]3CC3(Cl)Cl)o2)cc1. The highest BCUT2D eigenvalue weighted by Crippen LogP contribution is 2.56. The molecular weight excluding hydrogens is 295 g/mol. The van der Waals surface area contributed by atoms with Crippen LogP contribution in [0.25, 0.3) is 11.5 Å². The van der Waals surface area contributed by atoms with Gasteiger partial charge >= 0.3 is 0 Å². The van der Waals surface area contributed by atoms with Crippen molar-refractivity contribution in [3.63, 3.8) is 0 Å². The summed E-state index contributed by atoms with van der Waals surface area (Å²) in [5.74, 6) is 0.604. The van der Waals surface area contributed by atoms with Crippen molar-refractivity contribution in [2.75, 3.05) is 0 Å². The number of hydrogen-bond donors (Lipinski definition) is 1. The van der Waals surface area contributed by atoms with E-state index in [0.717, 1.165) is 12.0 Å². The van der Waals surface area contributed by atoms with Gasteiger partial charge in [-0.25, -0.2) is 0 Å². The van der Waals surface area contributed by atoms with Crippen LogP contribution in [0, 0.1) is 0 Å². The molecule has 0 saturated heterocycles. The molecule has 1 saturated carbocycles. The Morgan fingerprint density at radius 2 is 1.94 bits per heavy atom. The minimum Gasteiger partial charge on any atom is -0.508 e. The van der Waals surface area contributed by atoms with E-state index in [4.69, 9.17) is 27.6 Å². The lowest BCUT2D eigenvalue weighted by Crippen LogP contribution is -1.89. The van der Waals surface area contributed by atoms with Gasteiger partial charge in [0.2, 0.25) is 5.89 Å². The molecule has 1 atom stereocenters. The maximum atomic E-state index is 9.19. The number of phenols is 1. The van der Waals surface area contributed by atoms with Crippen LogP contribution >= 0.6 is 35.0 Å². The minimum atomic E-state index is -0.669. The molecule has 7 heteroatoms. The molecule has 1 aliphatic carbocycles. The molecule has 0 aliphatic heterocycles. The lowest BCUT2D eigenvalue weighted by atomic mass is 10.2. The molecule has 0 radical (unpaired) electrons. The Morgan fingerprint density at radius 3 is 2.56 bits per heavy atom. The third-order valence-electron chi connectivity index (χ3n) is 2.53. The highest BCUT2D eigenvalue weighted by molar-refractivity contribution is 8.00. The van der Waals surface area contributed by atoms with Gasteiger partial charge in [-0.2, -0.15) is 0 Å². The van der Waals surface area contributed by atoms with Gasteiger partial charge in [0, 0.05) is 5.56 Å². The maximum Gasteiger partial charge on any atom is 0.277 e. The Labute approximate surface area is 117 Å². The summed E-state index contributed by atoms with van der Waals surface area (Å²) < 4.78 is 4.83. The summed E-state index contributed by atoms with van der Waals surface area (Å²) in [5.41, 5.74) is 0.756. The third kappa shape index (κ3) is 2.43. The van der Waals surface area contributed by atoms with E-state index in [2.05, 4.69) is 10.2 Å². The topological polar surface area (TPSA) is 59.2 Å². The second kappa shape index (κ2) is 4.33. The van der Waals surface area contributed by atoms with E-state index in [-0.39, 0.29) is 11.0 Å². The second-order valence-corrected chi connectivity index (χ2v) is 6.69. The third-order valence-corrected chi connectivity index (χ3v) is 4.85. The molecule has 3 rings (SSSR count). The zero-order valence-electron chi connectivity index (χ0n) is 9.01. The second-order valence-electron chi connectivity index (χ2n) is 3.99. The molecule has 1 aliphatic rings. The number of aromatic nitrogens is 2. The predicted molar refractivity (Wildman–Crippen MR) is 70.1 cm³/mol. The quantitative estimate of drug-likeness (QED) is 0.880. The molecule has 4 nitrogen and oxygen atoms in total. The molecule has 1 N–H and O–H groups in total. The fourth-order valence-corrected chi connectivity index (χ4v) is 3.15. The summed E-state index contributed by atoms with van der Waals surface area (Å²) in [4.78, 5) is 0. The summed E-state index contributed by atoms with van der Waals surface area (Å²) in [6.45, 7) is 0. The number of halogens is 2. The maximum absolute atomic E-state index is 9.19. The number of alkyl halides is 2. The van der Waals surface area contributed by atoms with Crippen LogP contribution in [0.4, 0.5) is 0 Å². The number of thioether (sulfide) groups is 1. The number of benzene rings is 1. The summed E-state index contributed by atoms with van der Waals surface area (Å²) in [5, 5.41) is 17.6. The molecule has 0 unspecified atom stereocenters. The molecule has 1 aromatic heterocycles. The van der Waals surface area contributed by atoms with Gasteiger partial charge in [-0.05, 0) is 30.7 Å². The highest BCUT2D eigenvalue weighted by atomic mass is 35.5. The van der Waals surface area contributed by atoms with Crippen molar-refractivity contribution in [1.29, 1.82) is 0 Å². The van der Waals surface area contributed by atoms with Crippen LogP contribution in [0.15, 0.2) is 33.9 Å². The molecule has 0 bridgehead atoms. The normalized spacial score (nSPS) is 20.9. The lowest BCUT2D eigenvalue weighted by Gasteiger charge is -1.95. The van der Waals surface area contributed by atoms with Gasteiger partial charge in [0.1, 0.15) is 10.1 Å². The largest absolute Gasteiger partial charge is 0.508 e. The number of rotatable bonds is 3. The Bertz CT molecular complexity index is 571. The number of phenolic OH excluding ortho intramolecular Hbond substituents is 1. The van der Waals surface area contributed by atoms with E-state index in [9.17, 15) is 5.11 Å². The van der Waals surface area contributed by atoms with Crippen molar-refractivity contribution in [3.8, 4) is 17.2 Å². The molecule has 1 heterocycles. The van der Waals surface area contributed by atoms with Gasteiger partial charge in [0.25, 0.3) is 5.22 Å². The van der Waals surface area contributed by atoms with E-state index in [1.54, 1.807) is 24.3 Å². The van der Waals surface area contributed by atoms with Crippen molar-refractivity contribution in [3.05, 3.63) is 24.3 Å². The molecule has 1 aromatic carbocycles. The Hall–Kier alpha value is -0.910.